The Morgan fingerprint density at radius 1 is 1.56 bits per heavy atom. The van der Waals surface area contributed by atoms with Crippen molar-refractivity contribution in [1.82, 2.24) is 15.1 Å². The van der Waals surface area contributed by atoms with Gasteiger partial charge in [0.2, 0.25) is 0 Å². The maximum absolute atomic E-state index is 12.3. The van der Waals surface area contributed by atoms with Gasteiger partial charge in [-0.05, 0) is 26.7 Å². The van der Waals surface area contributed by atoms with E-state index in [1.807, 2.05) is 0 Å². The lowest BCUT2D eigenvalue weighted by Crippen LogP contribution is -2.48. The summed E-state index contributed by atoms with van der Waals surface area (Å²) in [6, 6.07) is 0. The van der Waals surface area contributed by atoms with Crippen molar-refractivity contribution in [2.45, 2.75) is 26.7 Å². The number of piperidine rings is 1. The van der Waals surface area contributed by atoms with Crippen LogP contribution in [0.15, 0.2) is 6.20 Å². The molecule has 1 aromatic rings. The number of H-pyrrole nitrogens is 1. The molecule has 0 spiro atoms. The van der Waals surface area contributed by atoms with Gasteiger partial charge in [-0.25, -0.2) is 0 Å². The number of carboxylic acid groups (broad SMARTS) is 1. The standard InChI is InChI=1S/C12H17N3O3/c1-8-9(6-13-14-8)10(16)15-5-3-4-12(2,7-15)11(17)18/h6H,3-5,7H2,1-2H3,(H,13,14)(H,17,18). The fraction of sp³-hybridized carbons (Fsp3) is 0.583. The number of nitrogens with one attached hydrogen (secondary N) is 1. The molecule has 1 fully saturated rings. The van der Waals surface area contributed by atoms with Crippen molar-refractivity contribution >= 4 is 11.9 Å². The number of rotatable bonds is 2. The van der Waals surface area contributed by atoms with E-state index in [0.29, 0.717) is 30.6 Å². The number of carbonyl (C=O) groups is 2. The lowest BCUT2D eigenvalue weighted by atomic mass is 9.82. The quantitative estimate of drug-likeness (QED) is 0.822. The average Bonchev–Trinajstić information content (AvgIpc) is 2.74. The minimum absolute atomic E-state index is 0.145. The summed E-state index contributed by atoms with van der Waals surface area (Å²) in [5.41, 5.74) is 0.387. The number of carboxylic acids is 1. The Labute approximate surface area is 105 Å². The van der Waals surface area contributed by atoms with Gasteiger partial charge < -0.3 is 10.0 Å². The zero-order valence-corrected chi connectivity index (χ0v) is 10.6. The summed E-state index contributed by atoms with van der Waals surface area (Å²) in [5.74, 6) is -0.989. The molecule has 98 valence electrons. The summed E-state index contributed by atoms with van der Waals surface area (Å²) in [6.07, 6.45) is 2.81. The molecule has 0 bridgehead atoms. The van der Waals surface area contributed by atoms with Crippen LogP contribution in [-0.4, -0.2) is 45.2 Å². The van der Waals surface area contributed by atoms with Gasteiger partial charge in [0.1, 0.15) is 0 Å². The van der Waals surface area contributed by atoms with Crippen LogP contribution in [0.2, 0.25) is 0 Å². The molecule has 1 aromatic heterocycles. The lowest BCUT2D eigenvalue weighted by molar-refractivity contribution is -0.150. The number of hydrogen-bond donors (Lipinski definition) is 2. The Balaban J connectivity index is 2.17. The minimum Gasteiger partial charge on any atom is -0.481 e. The number of likely N-dealkylation sites (tertiary alicyclic amines) is 1. The van der Waals surface area contributed by atoms with E-state index in [2.05, 4.69) is 10.2 Å². The second kappa shape index (κ2) is 4.44. The Morgan fingerprint density at radius 2 is 2.28 bits per heavy atom. The first kappa shape index (κ1) is 12.6. The summed E-state index contributed by atoms with van der Waals surface area (Å²) in [5, 5.41) is 15.8. The first-order chi connectivity index (χ1) is 8.44. The Bertz CT molecular complexity index is 483. The highest BCUT2D eigenvalue weighted by Crippen LogP contribution is 2.30. The SMILES string of the molecule is Cc1[nH]ncc1C(=O)N1CCCC(C)(C(=O)O)C1. The van der Waals surface area contributed by atoms with Crippen molar-refractivity contribution in [1.29, 1.82) is 0 Å². The van der Waals surface area contributed by atoms with Crippen molar-refractivity contribution < 1.29 is 14.7 Å². The minimum atomic E-state index is -0.844. The van der Waals surface area contributed by atoms with Gasteiger partial charge in [-0.2, -0.15) is 5.10 Å². The number of hydrogen-bond acceptors (Lipinski definition) is 3. The monoisotopic (exact) mass is 251 g/mol. The lowest BCUT2D eigenvalue weighted by Gasteiger charge is -2.37. The van der Waals surface area contributed by atoms with Crippen LogP contribution in [0, 0.1) is 12.3 Å². The molecule has 6 nitrogen and oxygen atoms in total. The van der Waals surface area contributed by atoms with Crippen molar-refractivity contribution in [3.63, 3.8) is 0 Å². The molecule has 2 N–H and O–H groups in total. The molecule has 2 heterocycles. The van der Waals surface area contributed by atoms with Gasteiger partial charge in [-0.3, -0.25) is 14.7 Å². The molecule has 6 heteroatoms. The second-order valence-corrected chi connectivity index (χ2v) is 5.10. The normalized spacial score (nSPS) is 24.0. The van der Waals surface area contributed by atoms with E-state index in [-0.39, 0.29) is 12.5 Å². The molecule has 1 amide bonds. The fourth-order valence-electron chi connectivity index (χ4n) is 2.32. The number of aromatic nitrogens is 2. The maximum atomic E-state index is 12.3. The third-order valence-electron chi connectivity index (χ3n) is 3.56. The third-order valence-corrected chi connectivity index (χ3v) is 3.56. The van der Waals surface area contributed by atoms with E-state index in [9.17, 15) is 14.7 Å². The number of aliphatic carboxylic acids is 1. The van der Waals surface area contributed by atoms with Crippen molar-refractivity contribution in [3.05, 3.63) is 17.5 Å². The smallest absolute Gasteiger partial charge is 0.311 e. The Morgan fingerprint density at radius 3 is 2.83 bits per heavy atom. The molecule has 0 aromatic carbocycles. The largest absolute Gasteiger partial charge is 0.481 e. The van der Waals surface area contributed by atoms with Crippen LogP contribution in [0.4, 0.5) is 0 Å². The third kappa shape index (κ3) is 2.10. The predicted octanol–water partition coefficient (Wildman–Crippen LogP) is 1.05. The van der Waals surface area contributed by atoms with Crippen LogP contribution in [0.1, 0.15) is 35.8 Å². The molecule has 1 aliphatic heterocycles. The zero-order chi connectivity index (χ0) is 13.3. The summed E-state index contributed by atoms with van der Waals surface area (Å²) < 4.78 is 0. The number of aryl methyl sites for hydroxylation is 1. The Hall–Kier alpha value is -1.85. The van der Waals surface area contributed by atoms with Gasteiger partial charge in [-0.1, -0.05) is 0 Å². The molecule has 1 unspecified atom stereocenters. The molecule has 1 aliphatic rings. The highest BCUT2D eigenvalue weighted by Gasteiger charge is 2.39. The second-order valence-electron chi connectivity index (χ2n) is 5.10. The molecule has 2 rings (SSSR count). The van der Waals surface area contributed by atoms with E-state index < -0.39 is 11.4 Å². The van der Waals surface area contributed by atoms with E-state index >= 15 is 0 Å². The van der Waals surface area contributed by atoms with E-state index in [1.54, 1.807) is 18.7 Å². The van der Waals surface area contributed by atoms with Crippen molar-refractivity contribution in [2.75, 3.05) is 13.1 Å². The first-order valence-electron chi connectivity index (χ1n) is 5.97. The van der Waals surface area contributed by atoms with Crippen LogP contribution in [0.25, 0.3) is 0 Å². The van der Waals surface area contributed by atoms with Crippen LogP contribution in [0.5, 0.6) is 0 Å². The van der Waals surface area contributed by atoms with Crippen LogP contribution < -0.4 is 0 Å². The molecule has 0 aliphatic carbocycles. The summed E-state index contributed by atoms with van der Waals surface area (Å²) in [7, 11) is 0. The van der Waals surface area contributed by atoms with Crippen molar-refractivity contribution in [2.24, 2.45) is 5.41 Å². The molecule has 1 saturated heterocycles. The van der Waals surface area contributed by atoms with Gasteiger partial charge in [-0.15, -0.1) is 0 Å². The van der Waals surface area contributed by atoms with Gasteiger partial charge in [0.25, 0.3) is 5.91 Å². The molecule has 0 saturated carbocycles. The van der Waals surface area contributed by atoms with Crippen LogP contribution in [-0.2, 0) is 4.79 Å². The number of carbonyl (C=O) groups excluding carboxylic acids is 1. The zero-order valence-electron chi connectivity index (χ0n) is 10.6. The van der Waals surface area contributed by atoms with Gasteiger partial charge in [0.15, 0.2) is 0 Å². The van der Waals surface area contributed by atoms with E-state index in [1.165, 1.54) is 6.20 Å². The highest BCUT2D eigenvalue weighted by molar-refractivity contribution is 5.95. The predicted molar refractivity (Wildman–Crippen MR) is 64.2 cm³/mol. The van der Waals surface area contributed by atoms with E-state index in [0.717, 1.165) is 0 Å². The van der Waals surface area contributed by atoms with Gasteiger partial charge >= 0.3 is 5.97 Å². The topological polar surface area (TPSA) is 86.3 Å². The van der Waals surface area contributed by atoms with E-state index in [4.69, 9.17) is 0 Å². The van der Waals surface area contributed by atoms with Crippen molar-refractivity contribution in [3.8, 4) is 0 Å². The Kier molecular flexibility index (Phi) is 3.11. The van der Waals surface area contributed by atoms with Gasteiger partial charge in [0.05, 0.1) is 17.2 Å². The highest BCUT2D eigenvalue weighted by atomic mass is 16.4. The maximum Gasteiger partial charge on any atom is 0.311 e. The molecule has 0 radical (unpaired) electrons. The molecular formula is C12H17N3O3. The number of nitrogens with zero attached hydrogens (tertiary/aromatic N) is 2. The fourth-order valence-corrected chi connectivity index (χ4v) is 2.32. The number of amides is 1. The van der Waals surface area contributed by atoms with Crippen LogP contribution >= 0.6 is 0 Å². The van der Waals surface area contributed by atoms with Gasteiger partial charge in [0, 0.05) is 18.8 Å². The molecule has 18 heavy (non-hydrogen) atoms. The summed E-state index contributed by atoms with van der Waals surface area (Å²) in [4.78, 5) is 25.1. The molecule has 1 atom stereocenters. The number of aromatic amines is 1. The summed E-state index contributed by atoms with van der Waals surface area (Å²) in [6.45, 7) is 4.33. The van der Waals surface area contributed by atoms with Crippen LogP contribution in [0.3, 0.4) is 0 Å². The average molecular weight is 251 g/mol. The summed E-state index contributed by atoms with van der Waals surface area (Å²) >= 11 is 0. The first-order valence-corrected chi connectivity index (χ1v) is 5.97. The molecular weight excluding hydrogens is 234 g/mol.